The fraction of sp³-hybridized carbons (Fsp3) is 0.750. The van der Waals surface area contributed by atoms with Gasteiger partial charge in [0.15, 0.2) is 6.35 Å². The maximum atomic E-state index is 10.5. The molecule has 0 amide bonds. The molecule has 11 heavy (non-hydrogen) atoms. The molecule has 0 unspecified atom stereocenters. The summed E-state index contributed by atoms with van der Waals surface area (Å²) in [4.78, 5) is 27.0. The van der Waals surface area contributed by atoms with Crippen molar-refractivity contribution in [2.45, 2.75) is 0 Å². The van der Waals surface area contributed by atoms with Crippen LogP contribution in [-0.4, -0.2) is 35.7 Å². The number of hydrogen-bond donors (Lipinski definition) is 3. The van der Waals surface area contributed by atoms with E-state index in [1.807, 2.05) is 0 Å². The summed E-state index contributed by atoms with van der Waals surface area (Å²) in [5.41, 5.74) is 0. The van der Waals surface area contributed by atoms with Gasteiger partial charge in [0, 0.05) is 0 Å². The Morgan fingerprint density at radius 3 is 2.55 bits per heavy atom. The second-order valence-corrected chi connectivity index (χ2v) is 3.43. The molecular weight excluding hydrogens is 173 g/mol. The average molecular weight is 183 g/mol. The molecule has 0 heterocycles. The van der Waals surface area contributed by atoms with Crippen LogP contribution in [-0.2, 0) is 14.1 Å². The van der Waals surface area contributed by atoms with E-state index >= 15 is 0 Å². The summed E-state index contributed by atoms with van der Waals surface area (Å²) in [5.74, 6) is -0.684. The van der Waals surface area contributed by atoms with Gasteiger partial charge in [-0.3, -0.25) is 9.36 Å². The molecular formula is C4H10NO5P. The molecule has 0 aromatic rings. The molecule has 0 saturated carbocycles. The maximum absolute atomic E-state index is 10.5. The summed E-state index contributed by atoms with van der Waals surface area (Å²) >= 11 is 0. The van der Waals surface area contributed by atoms with Gasteiger partial charge in [0.05, 0.1) is 6.54 Å². The molecule has 0 aliphatic rings. The summed E-state index contributed by atoms with van der Waals surface area (Å²) in [6.07, 6.45) is -0.854. The van der Waals surface area contributed by atoms with Gasteiger partial charge >= 0.3 is 13.6 Å². The maximum Gasteiger partial charge on any atom is 0.362 e. The number of carbonyl (C=O) groups excluding carboxylic acids is 1. The van der Waals surface area contributed by atoms with E-state index in [0.717, 1.165) is 0 Å². The van der Waals surface area contributed by atoms with Gasteiger partial charge < -0.3 is 19.8 Å². The van der Waals surface area contributed by atoms with E-state index in [4.69, 9.17) is 9.79 Å². The van der Waals surface area contributed by atoms with Gasteiger partial charge in [0.1, 0.15) is 0 Å². The summed E-state index contributed by atoms with van der Waals surface area (Å²) in [6, 6.07) is 0. The normalized spacial score (nSPS) is 11.2. The third-order valence-electron chi connectivity index (χ3n) is 0.715. The van der Waals surface area contributed by atoms with Crippen molar-refractivity contribution in [1.29, 1.82) is 0 Å². The van der Waals surface area contributed by atoms with Gasteiger partial charge in [0.2, 0.25) is 0 Å². The van der Waals surface area contributed by atoms with Crippen molar-refractivity contribution in [3.63, 3.8) is 0 Å². The van der Waals surface area contributed by atoms with E-state index in [1.165, 1.54) is 7.05 Å². The van der Waals surface area contributed by atoms with E-state index < -0.39 is 19.9 Å². The summed E-state index contributed by atoms with van der Waals surface area (Å²) in [7, 11) is -2.69. The Balaban J connectivity index is 3.55. The smallest absolute Gasteiger partial charge is 0.362 e. The molecule has 0 bridgehead atoms. The van der Waals surface area contributed by atoms with E-state index in [9.17, 15) is 9.36 Å². The largest absolute Gasteiger partial charge is 0.452 e. The van der Waals surface area contributed by atoms with Gasteiger partial charge in [-0.2, -0.15) is 0 Å². The van der Waals surface area contributed by atoms with Gasteiger partial charge in [0.25, 0.3) is 0 Å². The highest BCUT2D eigenvalue weighted by atomic mass is 31.2. The molecule has 0 radical (unpaired) electrons. The second kappa shape index (κ2) is 4.46. The van der Waals surface area contributed by atoms with Crippen molar-refractivity contribution in [3.8, 4) is 0 Å². The minimum atomic E-state index is -4.21. The monoisotopic (exact) mass is 183 g/mol. The summed E-state index contributed by atoms with van der Waals surface area (Å²) in [6.45, 7) is -0.0556. The van der Waals surface area contributed by atoms with Crippen molar-refractivity contribution < 1.29 is 23.9 Å². The van der Waals surface area contributed by atoms with Crippen molar-refractivity contribution in [2.24, 2.45) is 0 Å². The average Bonchev–Trinajstić information content (AvgIpc) is 1.83. The van der Waals surface area contributed by atoms with Crippen LogP contribution in [0.3, 0.4) is 0 Å². The SMILES string of the molecule is CNCC(=O)OCP(=O)(O)O. The lowest BCUT2D eigenvalue weighted by atomic mass is 10.7. The third kappa shape index (κ3) is 7.48. The first-order chi connectivity index (χ1) is 4.95. The van der Waals surface area contributed by atoms with Crippen molar-refractivity contribution in [3.05, 3.63) is 0 Å². The van der Waals surface area contributed by atoms with E-state index in [1.54, 1.807) is 0 Å². The molecule has 66 valence electrons. The molecule has 0 aromatic heterocycles. The molecule has 0 rings (SSSR count). The Hall–Kier alpha value is -0.420. The highest BCUT2D eigenvalue weighted by Crippen LogP contribution is 2.33. The first kappa shape index (κ1) is 10.6. The van der Waals surface area contributed by atoms with Crippen LogP contribution in [0.5, 0.6) is 0 Å². The minimum Gasteiger partial charge on any atom is -0.452 e. The van der Waals surface area contributed by atoms with Gasteiger partial charge in [-0.15, -0.1) is 0 Å². The van der Waals surface area contributed by atoms with Crippen molar-refractivity contribution in [1.82, 2.24) is 5.32 Å². The number of carbonyl (C=O) groups is 1. The zero-order valence-corrected chi connectivity index (χ0v) is 6.88. The predicted molar refractivity (Wildman–Crippen MR) is 36.9 cm³/mol. The van der Waals surface area contributed by atoms with Crippen molar-refractivity contribution in [2.75, 3.05) is 19.9 Å². The molecule has 0 aliphatic carbocycles. The van der Waals surface area contributed by atoms with Crippen LogP contribution in [0.25, 0.3) is 0 Å². The van der Waals surface area contributed by atoms with E-state index in [2.05, 4.69) is 10.1 Å². The lowest BCUT2D eigenvalue weighted by Gasteiger charge is -2.04. The van der Waals surface area contributed by atoms with Gasteiger partial charge in [-0.1, -0.05) is 0 Å². The Labute approximate surface area is 63.7 Å². The Morgan fingerprint density at radius 2 is 2.18 bits per heavy atom. The molecule has 6 nitrogen and oxygen atoms in total. The zero-order valence-electron chi connectivity index (χ0n) is 5.98. The number of rotatable bonds is 4. The Morgan fingerprint density at radius 1 is 1.64 bits per heavy atom. The molecule has 0 fully saturated rings. The van der Waals surface area contributed by atoms with Crippen LogP contribution in [0.2, 0.25) is 0 Å². The highest BCUT2D eigenvalue weighted by molar-refractivity contribution is 7.51. The third-order valence-corrected chi connectivity index (χ3v) is 1.18. The molecule has 3 N–H and O–H groups in total. The van der Waals surface area contributed by atoms with E-state index in [0.29, 0.717) is 0 Å². The molecule has 7 heteroatoms. The number of ether oxygens (including phenoxy) is 1. The topological polar surface area (TPSA) is 95.9 Å². The standard InChI is InChI=1S/C4H10NO5P/c1-5-2-4(6)10-3-11(7,8)9/h5H,2-3H2,1H3,(H2,7,8,9). The lowest BCUT2D eigenvalue weighted by molar-refractivity contribution is -0.140. The second-order valence-electron chi connectivity index (χ2n) is 1.84. The number of nitrogens with one attached hydrogen (secondary N) is 1. The molecule has 0 saturated heterocycles. The molecule has 0 spiro atoms. The fourth-order valence-electron chi connectivity index (χ4n) is 0.351. The first-order valence-corrected chi connectivity index (χ1v) is 4.60. The zero-order chi connectivity index (χ0) is 8.91. The van der Waals surface area contributed by atoms with E-state index in [-0.39, 0.29) is 6.54 Å². The van der Waals surface area contributed by atoms with Crippen LogP contribution in [0.15, 0.2) is 0 Å². The van der Waals surface area contributed by atoms with Crippen LogP contribution >= 0.6 is 7.60 Å². The Kier molecular flexibility index (Phi) is 4.29. The highest BCUT2D eigenvalue weighted by Gasteiger charge is 2.15. The molecule has 0 aliphatic heterocycles. The molecule has 0 atom stereocenters. The fourth-order valence-corrected chi connectivity index (χ4v) is 0.664. The number of likely N-dealkylation sites (N-methyl/N-ethyl adjacent to an activating group) is 1. The Bertz CT molecular complexity index is 175. The van der Waals surface area contributed by atoms with Gasteiger partial charge in [-0.25, -0.2) is 0 Å². The number of hydrogen-bond acceptors (Lipinski definition) is 4. The van der Waals surface area contributed by atoms with Crippen LogP contribution < -0.4 is 5.32 Å². The summed E-state index contributed by atoms with van der Waals surface area (Å²) < 4.78 is 14.3. The lowest BCUT2D eigenvalue weighted by Crippen LogP contribution is -2.21. The van der Waals surface area contributed by atoms with Crippen LogP contribution in [0.4, 0.5) is 0 Å². The number of esters is 1. The van der Waals surface area contributed by atoms with Crippen LogP contribution in [0.1, 0.15) is 0 Å². The quantitative estimate of drug-likeness (QED) is 0.377. The molecule has 0 aromatic carbocycles. The van der Waals surface area contributed by atoms with Gasteiger partial charge in [-0.05, 0) is 7.05 Å². The van der Waals surface area contributed by atoms with Crippen molar-refractivity contribution >= 4 is 13.6 Å². The van der Waals surface area contributed by atoms with Crippen LogP contribution in [0, 0.1) is 0 Å². The summed E-state index contributed by atoms with van der Waals surface area (Å²) in [5, 5.41) is 2.48. The minimum absolute atomic E-state index is 0.0556. The predicted octanol–water partition coefficient (Wildman–Crippen LogP) is -1.12. The first-order valence-electron chi connectivity index (χ1n) is 2.80.